The van der Waals surface area contributed by atoms with E-state index in [0.717, 1.165) is 114 Å². The molecular formula is C74H144O17P2. The van der Waals surface area contributed by atoms with Crippen LogP contribution in [0.25, 0.3) is 0 Å². The van der Waals surface area contributed by atoms with Crippen molar-refractivity contribution in [1.29, 1.82) is 0 Å². The molecule has 0 rings (SSSR count). The molecule has 0 fully saturated rings. The molecule has 0 bridgehead atoms. The van der Waals surface area contributed by atoms with Crippen molar-refractivity contribution in [3.63, 3.8) is 0 Å². The van der Waals surface area contributed by atoms with Crippen molar-refractivity contribution >= 4 is 39.5 Å². The van der Waals surface area contributed by atoms with Crippen LogP contribution in [0, 0.1) is 17.8 Å². The number of rotatable bonds is 72. The van der Waals surface area contributed by atoms with Crippen molar-refractivity contribution < 1.29 is 80.2 Å². The van der Waals surface area contributed by atoms with Crippen LogP contribution < -0.4 is 0 Å². The number of hydrogen-bond donors (Lipinski definition) is 3. The van der Waals surface area contributed by atoms with Gasteiger partial charge in [-0.3, -0.25) is 37.3 Å². The summed E-state index contributed by atoms with van der Waals surface area (Å²) in [5.74, 6) is 0.208. The molecule has 0 saturated carbocycles. The average Bonchev–Trinajstić information content (AvgIpc) is 2.32. The van der Waals surface area contributed by atoms with E-state index in [2.05, 4.69) is 48.5 Å². The van der Waals surface area contributed by atoms with Crippen LogP contribution in [-0.4, -0.2) is 96.7 Å². The third-order valence-corrected chi connectivity index (χ3v) is 19.4. The van der Waals surface area contributed by atoms with E-state index in [4.69, 9.17) is 37.0 Å². The number of ether oxygens (including phenoxy) is 4. The Morgan fingerprint density at radius 2 is 0.548 bits per heavy atom. The monoisotopic (exact) mass is 1370 g/mol. The van der Waals surface area contributed by atoms with Gasteiger partial charge in [0, 0.05) is 25.7 Å². The largest absolute Gasteiger partial charge is 0.472 e. The van der Waals surface area contributed by atoms with Crippen LogP contribution in [0.3, 0.4) is 0 Å². The fourth-order valence-electron chi connectivity index (χ4n) is 11.2. The predicted octanol–water partition coefficient (Wildman–Crippen LogP) is 21.4. The molecule has 0 amide bonds. The molecule has 0 heterocycles. The number of aliphatic hydroxyl groups excluding tert-OH is 1. The predicted molar refractivity (Wildman–Crippen MR) is 377 cm³/mol. The maximum Gasteiger partial charge on any atom is 0.472 e. The molecule has 552 valence electrons. The van der Waals surface area contributed by atoms with Gasteiger partial charge in [0.05, 0.1) is 26.4 Å². The minimum Gasteiger partial charge on any atom is -0.462 e. The summed E-state index contributed by atoms with van der Waals surface area (Å²) in [6, 6.07) is 0. The number of carbonyl (C=O) groups is 4. The van der Waals surface area contributed by atoms with Crippen molar-refractivity contribution in [3.8, 4) is 0 Å². The Morgan fingerprint density at radius 1 is 0.312 bits per heavy atom. The van der Waals surface area contributed by atoms with Gasteiger partial charge in [-0.05, 0) is 43.4 Å². The highest BCUT2D eigenvalue weighted by Gasteiger charge is 2.30. The Bertz CT molecular complexity index is 1820. The molecule has 17 nitrogen and oxygen atoms in total. The zero-order chi connectivity index (χ0) is 68.7. The molecule has 6 atom stereocenters. The van der Waals surface area contributed by atoms with Crippen LogP contribution >= 0.6 is 15.6 Å². The second-order valence-corrected chi connectivity index (χ2v) is 30.8. The fourth-order valence-corrected chi connectivity index (χ4v) is 12.8. The smallest absolute Gasteiger partial charge is 0.462 e. The van der Waals surface area contributed by atoms with Crippen LogP contribution in [0.15, 0.2) is 0 Å². The summed E-state index contributed by atoms with van der Waals surface area (Å²) in [5, 5.41) is 10.6. The number of phosphoric ester groups is 2. The highest BCUT2D eigenvalue weighted by molar-refractivity contribution is 7.47. The lowest BCUT2D eigenvalue weighted by Crippen LogP contribution is -2.30. The number of unbranched alkanes of at least 4 members (excludes halogenated alkanes) is 39. The minimum atomic E-state index is -4.95. The molecule has 93 heavy (non-hydrogen) atoms. The van der Waals surface area contributed by atoms with Crippen LogP contribution in [0.2, 0.25) is 0 Å². The van der Waals surface area contributed by atoms with Gasteiger partial charge in [-0.25, -0.2) is 9.13 Å². The van der Waals surface area contributed by atoms with Gasteiger partial charge in [0.1, 0.15) is 19.3 Å². The van der Waals surface area contributed by atoms with Crippen molar-refractivity contribution in [2.75, 3.05) is 39.6 Å². The molecule has 0 aliphatic carbocycles. The van der Waals surface area contributed by atoms with Crippen LogP contribution in [0.5, 0.6) is 0 Å². The van der Waals surface area contributed by atoms with E-state index in [-0.39, 0.29) is 25.7 Å². The first-order valence-electron chi connectivity index (χ1n) is 38.4. The van der Waals surface area contributed by atoms with Gasteiger partial charge in [0.2, 0.25) is 0 Å². The number of carbonyl (C=O) groups excluding carboxylic acids is 4. The SMILES string of the molecule is CCCCCCCCCCC(=O)OC[C@H](COP(=O)(O)OC[C@H](O)COP(=O)(O)OC[C@@H](COC(=O)CCCCCCCCCCCC(C)C)OC(=O)CCCCCCCCCCCCCCCCCCCCC(C)C)OC(=O)CCCCCCCCCCC(C)CC. The molecule has 0 aromatic rings. The lowest BCUT2D eigenvalue weighted by atomic mass is 9.99. The van der Waals surface area contributed by atoms with Gasteiger partial charge >= 0.3 is 39.5 Å². The quantitative estimate of drug-likeness (QED) is 0.0222. The van der Waals surface area contributed by atoms with Crippen LogP contribution in [0.4, 0.5) is 0 Å². The molecule has 0 radical (unpaired) electrons. The van der Waals surface area contributed by atoms with Gasteiger partial charge in [-0.15, -0.1) is 0 Å². The standard InChI is InChI=1S/C74H144O17P2/c1-8-10-11-12-13-34-41-48-55-71(76)84-61-69(91-74(79)58-51-44-37-30-29-33-40-47-54-67(7)9-2)63-88-92(80,81)86-59-68(75)60-87-93(82,83)89-64-70(62-85-72(77)56-49-42-35-28-24-26-32-39-46-53-66(5)6)90-73(78)57-50-43-36-27-23-21-19-17-15-14-16-18-20-22-25-31-38-45-52-65(3)4/h65-70,75H,8-64H2,1-7H3,(H,80,81)(H,82,83)/t67?,68-,69+,70+/m0/s1. The molecule has 0 aromatic heterocycles. The first-order chi connectivity index (χ1) is 44.8. The van der Waals surface area contributed by atoms with Gasteiger partial charge in [-0.2, -0.15) is 0 Å². The first kappa shape index (κ1) is 91.1. The summed E-state index contributed by atoms with van der Waals surface area (Å²) in [5.41, 5.74) is 0. The van der Waals surface area contributed by atoms with Gasteiger partial charge in [-0.1, -0.05) is 325 Å². The molecule has 0 aliphatic rings. The van der Waals surface area contributed by atoms with Crippen LogP contribution in [0.1, 0.15) is 376 Å². The summed E-state index contributed by atoms with van der Waals surface area (Å²) >= 11 is 0. The molecule has 19 heteroatoms. The van der Waals surface area contributed by atoms with Crippen molar-refractivity contribution in [2.45, 2.75) is 394 Å². The third-order valence-electron chi connectivity index (χ3n) is 17.5. The molecule has 3 N–H and O–H groups in total. The van der Waals surface area contributed by atoms with Gasteiger partial charge in [0.15, 0.2) is 12.2 Å². The van der Waals surface area contributed by atoms with E-state index < -0.39 is 97.5 Å². The molecule has 0 saturated heterocycles. The van der Waals surface area contributed by atoms with Gasteiger partial charge < -0.3 is 33.8 Å². The number of aliphatic hydroxyl groups is 1. The van der Waals surface area contributed by atoms with Crippen molar-refractivity contribution in [1.82, 2.24) is 0 Å². The Hall–Kier alpha value is -1.94. The Labute approximate surface area is 568 Å². The maximum atomic E-state index is 13.1. The van der Waals surface area contributed by atoms with E-state index in [1.165, 1.54) is 180 Å². The van der Waals surface area contributed by atoms with Crippen LogP contribution in [-0.2, 0) is 65.4 Å². The van der Waals surface area contributed by atoms with E-state index >= 15 is 0 Å². The van der Waals surface area contributed by atoms with E-state index in [0.29, 0.717) is 25.7 Å². The maximum absolute atomic E-state index is 13.1. The summed E-state index contributed by atoms with van der Waals surface area (Å²) in [6.07, 6.45) is 50.1. The van der Waals surface area contributed by atoms with E-state index in [1.54, 1.807) is 0 Å². The lowest BCUT2D eigenvalue weighted by Gasteiger charge is -2.21. The second-order valence-electron chi connectivity index (χ2n) is 27.9. The average molecular weight is 1370 g/mol. The number of esters is 4. The highest BCUT2D eigenvalue weighted by atomic mass is 31.2. The molecule has 0 aromatic carbocycles. The summed E-state index contributed by atoms with van der Waals surface area (Å²) < 4.78 is 68.3. The highest BCUT2D eigenvalue weighted by Crippen LogP contribution is 2.45. The normalized spacial score (nSPS) is 14.4. The number of hydrogen-bond acceptors (Lipinski definition) is 15. The summed E-state index contributed by atoms with van der Waals surface area (Å²) in [7, 11) is -9.90. The Morgan fingerprint density at radius 3 is 0.817 bits per heavy atom. The second kappa shape index (κ2) is 64.7. The Balaban J connectivity index is 5.17. The molecule has 0 spiro atoms. The molecule has 3 unspecified atom stereocenters. The fraction of sp³-hybridized carbons (Fsp3) is 0.946. The van der Waals surface area contributed by atoms with E-state index in [1.807, 2.05) is 0 Å². The Kier molecular flexibility index (Phi) is 63.4. The van der Waals surface area contributed by atoms with Crippen molar-refractivity contribution in [3.05, 3.63) is 0 Å². The zero-order valence-electron chi connectivity index (χ0n) is 60.7. The number of phosphoric acid groups is 2. The summed E-state index contributed by atoms with van der Waals surface area (Å²) in [6.45, 7) is 11.9. The van der Waals surface area contributed by atoms with Gasteiger partial charge in [0.25, 0.3) is 0 Å². The topological polar surface area (TPSA) is 237 Å². The van der Waals surface area contributed by atoms with Crippen molar-refractivity contribution in [2.24, 2.45) is 17.8 Å². The lowest BCUT2D eigenvalue weighted by molar-refractivity contribution is -0.161. The third kappa shape index (κ3) is 67.0. The minimum absolute atomic E-state index is 0.105. The summed E-state index contributed by atoms with van der Waals surface area (Å²) in [4.78, 5) is 72.6. The van der Waals surface area contributed by atoms with E-state index in [9.17, 15) is 43.2 Å². The zero-order valence-corrected chi connectivity index (χ0v) is 62.5. The first-order valence-corrected chi connectivity index (χ1v) is 41.4. The molecule has 0 aliphatic heterocycles. The molecular weight excluding hydrogens is 1220 g/mol.